The molecule has 1 atom stereocenters. The number of rotatable bonds is 6. The predicted octanol–water partition coefficient (Wildman–Crippen LogP) is 4.82. The van der Waals surface area contributed by atoms with Gasteiger partial charge in [-0.25, -0.2) is 8.42 Å². The van der Waals surface area contributed by atoms with E-state index in [1.165, 1.54) is 48.2 Å². The van der Waals surface area contributed by atoms with Gasteiger partial charge in [-0.15, -0.1) is 5.10 Å². The van der Waals surface area contributed by atoms with Crippen molar-refractivity contribution in [2.75, 3.05) is 11.9 Å². The number of aromatic nitrogens is 2. The second kappa shape index (κ2) is 9.91. The van der Waals surface area contributed by atoms with Gasteiger partial charge in [0.1, 0.15) is 0 Å². The van der Waals surface area contributed by atoms with Crippen molar-refractivity contribution in [1.29, 1.82) is 0 Å². The first kappa shape index (κ1) is 23.7. The van der Waals surface area contributed by atoms with Gasteiger partial charge in [0.05, 0.1) is 4.90 Å². The largest absolute Gasteiger partial charge is 0.403 e. The zero-order valence-electron chi connectivity index (χ0n) is 19.9. The highest BCUT2D eigenvalue weighted by atomic mass is 32.2. The van der Waals surface area contributed by atoms with Crippen LogP contribution in [0, 0.1) is 0 Å². The van der Waals surface area contributed by atoms with Crippen LogP contribution >= 0.6 is 0 Å². The number of carbonyl (C=O) groups is 1. The third-order valence-electron chi connectivity index (χ3n) is 7.01. The monoisotopic (exact) mass is 494 g/mol. The molecule has 0 saturated carbocycles. The minimum atomic E-state index is -3.60. The minimum Gasteiger partial charge on any atom is -0.403 e. The van der Waals surface area contributed by atoms with E-state index < -0.39 is 15.9 Å². The average molecular weight is 495 g/mol. The smallest absolute Gasteiger partial charge is 0.322 e. The molecule has 1 N–H and O–H groups in total. The number of fused-ring (bicyclic) bond motifs is 1. The number of benzene rings is 2. The van der Waals surface area contributed by atoms with E-state index in [0.717, 1.165) is 44.1 Å². The van der Waals surface area contributed by atoms with Gasteiger partial charge in [-0.05, 0) is 92.5 Å². The van der Waals surface area contributed by atoms with Crippen LogP contribution < -0.4 is 5.32 Å². The molecule has 1 unspecified atom stereocenters. The van der Waals surface area contributed by atoms with Gasteiger partial charge in [0.2, 0.25) is 15.9 Å². The van der Waals surface area contributed by atoms with Crippen molar-refractivity contribution < 1.29 is 17.6 Å². The Bertz CT molecular complexity index is 1320. The third-order valence-corrected chi connectivity index (χ3v) is 8.97. The molecule has 8 nitrogen and oxygen atoms in total. The molecule has 2 aromatic carbocycles. The van der Waals surface area contributed by atoms with Crippen molar-refractivity contribution in [1.82, 2.24) is 14.5 Å². The van der Waals surface area contributed by atoms with Gasteiger partial charge >= 0.3 is 6.01 Å². The Kier molecular flexibility index (Phi) is 6.71. The number of carbonyl (C=O) groups excluding carboxylic acids is 1. The van der Waals surface area contributed by atoms with Crippen molar-refractivity contribution in [3.05, 3.63) is 59.2 Å². The van der Waals surface area contributed by atoms with E-state index in [1.54, 1.807) is 4.31 Å². The lowest BCUT2D eigenvalue weighted by molar-refractivity contribution is 0.102. The molecule has 1 fully saturated rings. The molecule has 0 radical (unpaired) electrons. The molecule has 1 aliphatic carbocycles. The zero-order valence-corrected chi connectivity index (χ0v) is 20.7. The Morgan fingerprint density at radius 2 is 1.80 bits per heavy atom. The van der Waals surface area contributed by atoms with E-state index in [1.807, 2.05) is 13.0 Å². The van der Waals surface area contributed by atoms with Gasteiger partial charge in [-0.2, -0.15) is 4.31 Å². The van der Waals surface area contributed by atoms with Crippen LogP contribution in [0.4, 0.5) is 6.01 Å². The molecule has 5 rings (SSSR count). The van der Waals surface area contributed by atoms with E-state index in [-0.39, 0.29) is 17.0 Å². The van der Waals surface area contributed by atoms with Crippen LogP contribution in [-0.4, -0.2) is 41.4 Å². The molecule has 1 aliphatic heterocycles. The molecule has 1 saturated heterocycles. The second-order valence-corrected chi connectivity index (χ2v) is 11.1. The van der Waals surface area contributed by atoms with Crippen molar-refractivity contribution in [3.8, 4) is 11.5 Å². The summed E-state index contributed by atoms with van der Waals surface area (Å²) < 4.78 is 33.6. The van der Waals surface area contributed by atoms with E-state index in [0.29, 0.717) is 18.0 Å². The third kappa shape index (κ3) is 4.88. The fraction of sp³-hybridized carbons (Fsp3) is 0.423. The lowest BCUT2D eigenvalue weighted by Crippen LogP contribution is -2.43. The summed E-state index contributed by atoms with van der Waals surface area (Å²) in [4.78, 5) is 12.9. The minimum absolute atomic E-state index is 0.00137. The summed E-state index contributed by atoms with van der Waals surface area (Å²) >= 11 is 0. The molecule has 9 heteroatoms. The van der Waals surface area contributed by atoms with Crippen LogP contribution in [0.3, 0.4) is 0 Å². The van der Waals surface area contributed by atoms with Gasteiger partial charge in [0, 0.05) is 23.7 Å². The van der Waals surface area contributed by atoms with Gasteiger partial charge in [-0.3, -0.25) is 10.1 Å². The molecule has 184 valence electrons. The first-order valence-corrected chi connectivity index (χ1v) is 13.8. The van der Waals surface area contributed by atoms with Crippen molar-refractivity contribution in [2.45, 2.75) is 69.2 Å². The van der Waals surface area contributed by atoms with E-state index in [4.69, 9.17) is 4.42 Å². The van der Waals surface area contributed by atoms with Crippen LogP contribution in [0.2, 0.25) is 0 Å². The number of anilines is 1. The van der Waals surface area contributed by atoms with Gasteiger partial charge < -0.3 is 4.42 Å². The molecule has 35 heavy (non-hydrogen) atoms. The highest BCUT2D eigenvalue weighted by Gasteiger charge is 2.32. The summed E-state index contributed by atoms with van der Waals surface area (Å²) in [5.41, 5.74) is 3.81. The number of aryl methyl sites for hydroxylation is 2. The highest BCUT2D eigenvalue weighted by Crippen LogP contribution is 2.29. The number of nitrogens with one attached hydrogen (secondary N) is 1. The Morgan fingerprint density at radius 3 is 2.57 bits per heavy atom. The summed E-state index contributed by atoms with van der Waals surface area (Å²) in [5.74, 6) is -0.0962. The number of nitrogens with zero attached hydrogens (tertiary/aromatic N) is 3. The molecule has 3 aromatic rings. The highest BCUT2D eigenvalue weighted by molar-refractivity contribution is 7.89. The topological polar surface area (TPSA) is 105 Å². The quantitative estimate of drug-likeness (QED) is 0.527. The van der Waals surface area contributed by atoms with Crippen LogP contribution in [0.25, 0.3) is 11.5 Å². The molecule has 2 heterocycles. The maximum Gasteiger partial charge on any atom is 0.322 e. The van der Waals surface area contributed by atoms with Gasteiger partial charge in [0.15, 0.2) is 0 Å². The molecule has 2 aliphatic rings. The fourth-order valence-corrected chi connectivity index (χ4v) is 6.81. The molecule has 0 bridgehead atoms. The lowest BCUT2D eigenvalue weighted by atomic mass is 9.90. The number of hydrogen-bond acceptors (Lipinski definition) is 6. The second-order valence-electron chi connectivity index (χ2n) is 9.26. The van der Waals surface area contributed by atoms with Crippen LogP contribution in [0.5, 0.6) is 0 Å². The number of hydrogen-bond donors (Lipinski definition) is 1. The van der Waals surface area contributed by atoms with Crippen LogP contribution in [0.1, 0.15) is 66.9 Å². The van der Waals surface area contributed by atoms with Gasteiger partial charge in [-0.1, -0.05) is 24.5 Å². The SMILES string of the molecule is CCC1CCCCN1S(=O)(=O)c1ccc(C(=O)Nc2nnc(-c3ccc4c(c3)CCCC4)o2)cc1. The standard InChI is InChI=1S/C26H30N4O4S/c1-2-22-9-5-6-16-30(22)35(32,33)23-14-12-19(13-15-23)24(31)27-26-29-28-25(34-26)21-11-10-18-7-3-4-8-20(18)17-21/h10-15,17,22H,2-9,16H2,1H3,(H,27,29,31). The lowest BCUT2D eigenvalue weighted by Gasteiger charge is -2.34. The maximum atomic E-state index is 13.1. The Hall–Kier alpha value is -3.04. The predicted molar refractivity (Wildman–Crippen MR) is 133 cm³/mol. The first-order chi connectivity index (χ1) is 17.0. The summed E-state index contributed by atoms with van der Waals surface area (Å²) in [6, 6.07) is 12.2. The van der Waals surface area contributed by atoms with Crippen LogP contribution in [-0.2, 0) is 22.9 Å². The number of amides is 1. The Balaban J connectivity index is 1.27. The van der Waals surface area contributed by atoms with E-state index in [9.17, 15) is 13.2 Å². The van der Waals surface area contributed by atoms with Crippen molar-refractivity contribution in [3.63, 3.8) is 0 Å². The Morgan fingerprint density at radius 1 is 1.03 bits per heavy atom. The Labute approximate surface area is 205 Å². The first-order valence-electron chi connectivity index (χ1n) is 12.3. The zero-order chi connectivity index (χ0) is 24.4. The average Bonchev–Trinajstić information content (AvgIpc) is 3.37. The summed E-state index contributed by atoms with van der Waals surface area (Å²) in [5, 5.41) is 10.6. The molecule has 1 aromatic heterocycles. The van der Waals surface area contributed by atoms with E-state index in [2.05, 4.69) is 27.6 Å². The number of piperidine rings is 1. The molecular formula is C26H30N4O4S. The van der Waals surface area contributed by atoms with E-state index >= 15 is 0 Å². The maximum absolute atomic E-state index is 13.1. The molecule has 0 spiro atoms. The summed E-state index contributed by atoms with van der Waals surface area (Å²) in [7, 11) is -3.60. The molecular weight excluding hydrogens is 464 g/mol. The fourth-order valence-electron chi connectivity index (χ4n) is 5.04. The van der Waals surface area contributed by atoms with Gasteiger partial charge in [0.25, 0.3) is 5.91 Å². The molecule has 1 amide bonds. The summed E-state index contributed by atoms with van der Waals surface area (Å²) in [6.45, 7) is 2.55. The normalized spacial score (nSPS) is 18.7. The summed E-state index contributed by atoms with van der Waals surface area (Å²) in [6.07, 6.45) is 8.13. The van der Waals surface area contributed by atoms with Crippen molar-refractivity contribution in [2.24, 2.45) is 0 Å². The van der Waals surface area contributed by atoms with Crippen LogP contribution in [0.15, 0.2) is 51.8 Å². The number of sulfonamides is 1. The van der Waals surface area contributed by atoms with Crippen molar-refractivity contribution >= 4 is 21.9 Å².